The molecule has 2 nitrogen and oxygen atoms in total. The lowest BCUT2D eigenvalue weighted by Crippen LogP contribution is -2.12. The molecule has 0 fully saturated rings. The minimum atomic E-state index is -0.270. The van der Waals surface area contributed by atoms with Crippen molar-refractivity contribution in [3.63, 3.8) is 0 Å². The minimum absolute atomic E-state index is 0.127. The van der Waals surface area contributed by atoms with Crippen molar-refractivity contribution in [2.45, 2.75) is 12.5 Å². The van der Waals surface area contributed by atoms with Crippen LogP contribution in [-0.4, -0.2) is 4.98 Å². The summed E-state index contributed by atoms with van der Waals surface area (Å²) in [7, 11) is 0. The highest BCUT2D eigenvalue weighted by atomic mass is 79.9. The van der Waals surface area contributed by atoms with Crippen LogP contribution >= 0.6 is 27.3 Å². The zero-order chi connectivity index (χ0) is 11.5. The lowest BCUT2D eigenvalue weighted by molar-refractivity contribution is 0.617. The highest BCUT2D eigenvalue weighted by molar-refractivity contribution is 9.10. The summed E-state index contributed by atoms with van der Waals surface area (Å²) in [6, 6.07) is 4.73. The zero-order valence-corrected chi connectivity index (χ0v) is 10.8. The second-order valence-corrected chi connectivity index (χ2v) is 5.28. The van der Waals surface area contributed by atoms with Gasteiger partial charge >= 0.3 is 0 Å². The fraction of sp³-hybridized carbons (Fsp3) is 0.182. The standard InChI is InChI=1S/C11H10BrFN2S/c12-9-3-7(1-2-10(9)13)11(14)4-8-5-15-6-16-8/h1-3,5-6,11H,4,14H2. The third-order valence-corrected chi connectivity index (χ3v) is 3.69. The van der Waals surface area contributed by atoms with Crippen molar-refractivity contribution in [1.29, 1.82) is 0 Å². The molecule has 0 amide bonds. The zero-order valence-electron chi connectivity index (χ0n) is 8.36. The van der Waals surface area contributed by atoms with Crippen LogP contribution in [0.5, 0.6) is 0 Å². The molecule has 0 aliphatic heterocycles. The first-order chi connectivity index (χ1) is 7.66. The lowest BCUT2D eigenvalue weighted by Gasteiger charge is -2.11. The Morgan fingerprint density at radius 2 is 2.31 bits per heavy atom. The monoisotopic (exact) mass is 300 g/mol. The maximum atomic E-state index is 13.0. The molecule has 2 N–H and O–H groups in total. The van der Waals surface area contributed by atoms with Gasteiger partial charge in [0, 0.05) is 23.5 Å². The number of nitrogens with two attached hydrogens (primary N) is 1. The van der Waals surface area contributed by atoms with Gasteiger partial charge in [-0.05, 0) is 33.6 Å². The van der Waals surface area contributed by atoms with Crippen molar-refractivity contribution in [2.75, 3.05) is 0 Å². The van der Waals surface area contributed by atoms with Crippen molar-refractivity contribution in [2.24, 2.45) is 5.73 Å². The van der Waals surface area contributed by atoms with Crippen molar-refractivity contribution >= 4 is 27.3 Å². The molecule has 0 radical (unpaired) electrons. The van der Waals surface area contributed by atoms with E-state index in [9.17, 15) is 4.39 Å². The molecule has 1 aromatic carbocycles. The van der Waals surface area contributed by atoms with Crippen molar-refractivity contribution in [3.8, 4) is 0 Å². The Morgan fingerprint density at radius 1 is 1.50 bits per heavy atom. The summed E-state index contributed by atoms with van der Waals surface area (Å²) >= 11 is 4.73. The molecule has 0 saturated carbocycles. The van der Waals surface area contributed by atoms with E-state index in [4.69, 9.17) is 5.73 Å². The Kier molecular flexibility index (Phi) is 3.68. The summed E-state index contributed by atoms with van der Waals surface area (Å²) in [6.07, 6.45) is 2.53. The van der Waals surface area contributed by atoms with Crippen LogP contribution in [0.2, 0.25) is 0 Å². The van der Waals surface area contributed by atoms with Crippen LogP contribution in [0.4, 0.5) is 4.39 Å². The van der Waals surface area contributed by atoms with E-state index in [2.05, 4.69) is 20.9 Å². The summed E-state index contributed by atoms with van der Waals surface area (Å²) in [5.74, 6) is -0.270. The average Bonchev–Trinajstić information content (AvgIpc) is 2.74. The number of rotatable bonds is 3. The summed E-state index contributed by atoms with van der Waals surface area (Å²) in [6.45, 7) is 0. The maximum absolute atomic E-state index is 13.0. The van der Waals surface area contributed by atoms with Crippen LogP contribution in [0.1, 0.15) is 16.5 Å². The second-order valence-electron chi connectivity index (χ2n) is 3.45. The number of hydrogen-bond acceptors (Lipinski definition) is 3. The van der Waals surface area contributed by atoms with E-state index in [1.165, 1.54) is 6.07 Å². The Labute approximate surface area is 105 Å². The molecule has 1 heterocycles. The van der Waals surface area contributed by atoms with Crippen molar-refractivity contribution in [1.82, 2.24) is 4.98 Å². The molecule has 1 unspecified atom stereocenters. The maximum Gasteiger partial charge on any atom is 0.137 e. The number of benzene rings is 1. The summed E-state index contributed by atoms with van der Waals surface area (Å²) in [5, 5.41) is 0. The van der Waals surface area contributed by atoms with E-state index in [-0.39, 0.29) is 11.9 Å². The first kappa shape index (κ1) is 11.7. The molecule has 2 aromatic rings. The van der Waals surface area contributed by atoms with Gasteiger partial charge < -0.3 is 5.73 Å². The number of nitrogens with zero attached hydrogens (tertiary/aromatic N) is 1. The molecule has 1 atom stereocenters. The van der Waals surface area contributed by atoms with Gasteiger partial charge in [-0.15, -0.1) is 11.3 Å². The van der Waals surface area contributed by atoms with Crippen LogP contribution in [0, 0.1) is 5.82 Å². The average molecular weight is 301 g/mol. The van der Waals surface area contributed by atoms with E-state index >= 15 is 0 Å². The molecule has 1 aromatic heterocycles. The van der Waals surface area contributed by atoms with Crippen LogP contribution in [-0.2, 0) is 6.42 Å². The Balaban J connectivity index is 2.14. The SMILES string of the molecule is NC(Cc1cncs1)c1ccc(F)c(Br)c1. The normalized spacial score (nSPS) is 12.7. The van der Waals surface area contributed by atoms with Gasteiger partial charge in [0.1, 0.15) is 5.82 Å². The van der Waals surface area contributed by atoms with E-state index in [1.807, 2.05) is 6.20 Å². The number of halogens is 2. The van der Waals surface area contributed by atoms with Gasteiger partial charge in [0.05, 0.1) is 9.98 Å². The van der Waals surface area contributed by atoms with E-state index in [0.29, 0.717) is 4.47 Å². The van der Waals surface area contributed by atoms with Crippen LogP contribution in [0.15, 0.2) is 34.4 Å². The third kappa shape index (κ3) is 2.66. The van der Waals surface area contributed by atoms with Crippen LogP contribution < -0.4 is 5.73 Å². The Morgan fingerprint density at radius 3 is 2.94 bits per heavy atom. The molecule has 0 spiro atoms. The van der Waals surface area contributed by atoms with E-state index in [0.717, 1.165) is 16.9 Å². The van der Waals surface area contributed by atoms with Crippen molar-refractivity contribution < 1.29 is 4.39 Å². The number of thiazole rings is 1. The summed E-state index contributed by atoms with van der Waals surface area (Å²) in [5.41, 5.74) is 8.74. The molecular weight excluding hydrogens is 291 g/mol. The van der Waals surface area contributed by atoms with E-state index in [1.54, 1.807) is 29.0 Å². The molecule has 0 aliphatic rings. The highest BCUT2D eigenvalue weighted by Crippen LogP contribution is 2.23. The summed E-state index contributed by atoms with van der Waals surface area (Å²) in [4.78, 5) is 5.13. The third-order valence-electron chi connectivity index (χ3n) is 2.28. The largest absolute Gasteiger partial charge is 0.324 e. The van der Waals surface area contributed by atoms with Gasteiger partial charge in [0.25, 0.3) is 0 Å². The minimum Gasteiger partial charge on any atom is -0.324 e. The number of hydrogen-bond donors (Lipinski definition) is 1. The second kappa shape index (κ2) is 5.03. The Hall–Kier alpha value is -0.780. The quantitative estimate of drug-likeness (QED) is 0.945. The van der Waals surface area contributed by atoms with Gasteiger partial charge in [0.2, 0.25) is 0 Å². The Bertz CT molecular complexity index is 473. The topological polar surface area (TPSA) is 38.9 Å². The highest BCUT2D eigenvalue weighted by Gasteiger charge is 2.10. The molecule has 0 aliphatic carbocycles. The van der Waals surface area contributed by atoms with Crippen LogP contribution in [0.3, 0.4) is 0 Å². The van der Waals surface area contributed by atoms with Gasteiger partial charge in [-0.1, -0.05) is 6.07 Å². The molecule has 0 saturated heterocycles. The summed E-state index contributed by atoms with van der Waals surface area (Å²) < 4.78 is 13.5. The first-order valence-electron chi connectivity index (χ1n) is 4.74. The lowest BCUT2D eigenvalue weighted by atomic mass is 10.0. The van der Waals surface area contributed by atoms with Crippen molar-refractivity contribution in [3.05, 3.63) is 50.6 Å². The van der Waals surface area contributed by atoms with Crippen LogP contribution in [0.25, 0.3) is 0 Å². The predicted molar refractivity (Wildman–Crippen MR) is 66.8 cm³/mol. The molecular formula is C11H10BrFN2S. The fourth-order valence-electron chi connectivity index (χ4n) is 1.42. The molecule has 5 heteroatoms. The smallest absolute Gasteiger partial charge is 0.137 e. The van der Waals surface area contributed by atoms with Gasteiger partial charge in [-0.3, -0.25) is 4.98 Å². The molecule has 0 bridgehead atoms. The fourth-order valence-corrected chi connectivity index (χ4v) is 2.47. The van der Waals surface area contributed by atoms with Gasteiger partial charge in [-0.2, -0.15) is 0 Å². The number of aromatic nitrogens is 1. The molecule has 2 rings (SSSR count). The van der Waals surface area contributed by atoms with Gasteiger partial charge in [0.15, 0.2) is 0 Å². The van der Waals surface area contributed by atoms with Gasteiger partial charge in [-0.25, -0.2) is 4.39 Å². The van der Waals surface area contributed by atoms with E-state index < -0.39 is 0 Å². The molecule has 84 valence electrons. The predicted octanol–water partition coefficient (Wildman–Crippen LogP) is 3.29. The molecule has 16 heavy (non-hydrogen) atoms. The first-order valence-corrected chi connectivity index (χ1v) is 6.42.